The number of aliphatic hydroxyl groups is 1. The SMILES string of the molecule is OCCC1(CNCc2cccnc2)CC1. The highest BCUT2D eigenvalue weighted by molar-refractivity contribution is 5.08. The van der Waals surface area contributed by atoms with Crippen molar-refractivity contribution < 1.29 is 5.11 Å². The number of nitrogens with one attached hydrogen (secondary N) is 1. The molecule has 0 unspecified atom stereocenters. The zero-order valence-corrected chi connectivity index (χ0v) is 8.95. The summed E-state index contributed by atoms with van der Waals surface area (Å²) in [6, 6.07) is 4.03. The number of hydrogen-bond donors (Lipinski definition) is 2. The molecule has 3 heteroatoms. The molecule has 1 fully saturated rings. The maximum atomic E-state index is 8.92. The third kappa shape index (κ3) is 3.01. The van der Waals surface area contributed by atoms with Gasteiger partial charge in [-0.05, 0) is 36.3 Å². The Bertz CT molecular complexity index is 296. The van der Waals surface area contributed by atoms with Crippen molar-refractivity contribution in [2.45, 2.75) is 25.8 Å². The summed E-state index contributed by atoms with van der Waals surface area (Å²) < 4.78 is 0. The largest absolute Gasteiger partial charge is 0.396 e. The van der Waals surface area contributed by atoms with Gasteiger partial charge in [0.25, 0.3) is 0 Å². The number of aromatic nitrogens is 1. The van der Waals surface area contributed by atoms with Gasteiger partial charge in [0, 0.05) is 32.1 Å². The molecule has 0 saturated heterocycles. The highest BCUT2D eigenvalue weighted by Gasteiger charge is 2.41. The van der Waals surface area contributed by atoms with Crippen molar-refractivity contribution in [3.8, 4) is 0 Å². The first kappa shape index (κ1) is 10.6. The van der Waals surface area contributed by atoms with Crippen LogP contribution in [0, 0.1) is 5.41 Å². The first-order valence-corrected chi connectivity index (χ1v) is 5.55. The van der Waals surface area contributed by atoms with E-state index in [0.29, 0.717) is 12.0 Å². The van der Waals surface area contributed by atoms with Gasteiger partial charge < -0.3 is 10.4 Å². The summed E-state index contributed by atoms with van der Waals surface area (Å²) in [5, 5.41) is 12.4. The second-order valence-electron chi connectivity index (χ2n) is 4.44. The molecule has 1 aromatic rings. The second-order valence-corrected chi connectivity index (χ2v) is 4.44. The highest BCUT2D eigenvalue weighted by atomic mass is 16.3. The molecule has 3 nitrogen and oxygen atoms in total. The molecule has 0 atom stereocenters. The van der Waals surface area contributed by atoms with Crippen molar-refractivity contribution in [1.29, 1.82) is 0 Å². The maximum absolute atomic E-state index is 8.92. The molecule has 1 aliphatic rings. The lowest BCUT2D eigenvalue weighted by molar-refractivity contribution is 0.245. The molecule has 1 aliphatic carbocycles. The van der Waals surface area contributed by atoms with Crippen LogP contribution in [0.5, 0.6) is 0 Å². The van der Waals surface area contributed by atoms with Crippen molar-refractivity contribution in [2.24, 2.45) is 5.41 Å². The molecule has 1 heterocycles. The van der Waals surface area contributed by atoms with Crippen molar-refractivity contribution in [2.75, 3.05) is 13.2 Å². The minimum Gasteiger partial charge on any atom is -0.396 e. The lowest BCUT2D eigenvalue weighted by Crippen LogP contribution is -2.24. The second kappa shape index (κ2) is 4.73. The molecular weight excluding hydrogens is 188 g/mol. The van der Waals surface area contributed by atoms with Crippen LogP contribution in [0.4, 0.5) is 0 Å². The fraction of sp³-hybridized carbons (Fsp3) is 0.583. The predicted molar refractivity (Wildman–Crippen MR) is 59.3 cm³/mol. The Hall–Kier alpha value is -0.930. The zero-order valence-electron chi connectivity index (χ0n) is 8.95. The van der Waals surface area contributed by atoms with Gasteiger partial charge in [0.1, 0.15) is 0 Å². The fourth-order valence-electron chi connectivity index (χ4n) is 1.90. The van der Waals surface area contributed by atoms with Crippen molar-refractivity contribution >= 4 is 0 Å². The van der Waals surface area contributed by atoms with Crippen LogP contribution >= 0.6 is 0 Å². The van der Waals surface area contributed by atoms with Crippen LogP contribution in [-0.2, 0) is 6.54 Å². The Kier molecular flexibility index (Phi) is 3.34. The minimum absolute atomic E-state index is 0.314. The molecule has 0 spiro atoms. The van der Waals surface area contributed by atoms with Gasteiger partial charge in [-0.3, -0.25) is 4.98 Å². The van der Waals surface area contributed by atoms with E-state index in [1.807, 2.05) is 12.3 Å². The van der Waals surface area contributed by atoms with Crippen molar-refractivity contribution in [1.82, 2.24) is 10.3 Å². The fourth-order valence-corrected chi connectivity index (χ4v) is 1.90. The average molecular weight is 206 g/mol. The third-order valence-corrected chi connectivity index (χ3v) is 3.15. The van der Waals surface area contributed by atoms with Gasteiger partial charge in [0.2, 0.25) is 0 Å². The van der Waals surface area contributed by atoms with Crippen LogP contribution < -0.4 is 5.32 Å². The smallest absolute Gasteiger partial charge is 0.0436 e. The number of rotatable bonds is 6. The van der Waals surface area contributed by atoms with Gasteiger partial charge in [-0.1, -0.05) is 6.07 Å². The molecule has 0 bridgehead atoms. The topological polar surface area (TPSA) is 45.1 Å². The number of aliphatic hydroxyl groups excluding tert-OH is 1. The monoisotopic (exact) mass is 206 g/mol. The molecule has 1 aromatic heterocycles. The van der Waals surface area contributed by atoms with Gasteiger partial charge in [-0.2, -0.15) is 0 Å². The van der Waals surface area contributed by atoms with E-state index in [1.54, 1.807) is 6.20 Å². The van der Waals surface area contributed by atoms with Crippen LogP contribution in [-0.4, -0.2) is 23.2 Å². The third-order valence-electron chi connectivity index (χ3n) is 3.15. The van der Waals surface area contributed by atoms with Crippen LogP contribution in [0.15, 0.2) is 24.5 Å². The van der Waals surface area contributed by atoms with Gasteiger partial charge in [0.15, 0.2) is 0 Å². The molecule has 2 N–H and O–H groups in total. The molecule has 2 rings (SSSR count). The molecule has 15 heavy (non-hydrogen) atoms. The summed E-state index contributed by atoms with van der Waals surface area (Å²) in [6.07, 6.45) is 7.13. The van der Waals surface area contributed by atoms with Gasteiger partial charge >= 0.3 is 0 Å². The molecule has 1 saturated carbocycles. The van der Waals surface area contributed by atoms with E-state index in [2.05, 4.69) is 16.4 Å². The van der Waals surface area contributed by atoms with Gasteiger partial charge in [-0.25, -0.2) is 0 Å². The van der Waals surface area contributed by atoms with Crippen molar-refractivity contribution in [3.63, 3.8) is 0 Å². The maximum Gasteiger partial charge on any atom is 0.0436 e. The number of pyridine rings is 1. The van der Waals surface area contributed by atoms with Gasteiger partial charge in [-0.15, -0.1) is 0 Å². The highest BCUT2D eigenvalue weighted by Crippen LogP contribution is 2.47. The van der Waals surface area contributed by atoms with Crippen LogP contribution in [0.1, 0.15) is 24.8 Å². The Balaban J connectivity index is 1.71. The number of hydrogen-bond acceptors (Lipinski definition) is 3. The van der Waals surface area contributed by atoms with E-state index in [0.717, 1.165) is 19.5 Å². The van der Waals surface area contributed by atoms with Crippen LogP contribution in [0.2, 0.25) is 0 Å². The normalized spacial score (nSPS) is 17.7. The van der Waals surface area contributed by atoms with Crippen molar-refractivity contribution in [3.05, 3.63) is 30.1 Å². The predicted octanol–water partition coefficient (Wildman–Crippen LogP) is 1.33. The van der Waals surface area contributed by atoms with E-state index in [1.165, 1.54) is 18.4 Å². The minimum atomic E-state index is 0.314. The zero-order chi connectivity index (χ0) is 10.6. The summed E-state index contributed by atoms with van der Waals surface area (Å²) >= 11 is 0. The summed E-state index contributed by atoms with van der Waals surface area (Å²) in [5.74, 6) is 0. The molecule has 0 radical (unpaired) electrons. The van der Waals surface area contributed by atoms with Crippen LogP contribution in [0.3, 0.4) is 0 Å². The Labute approximate surface area is 90.5 Å². The molecule has 0 aliphatic heterocycles. The lowest BCUT2D eigenvalue weighted by atomic mass is 10.0. The molecular formula is C12H18N2O. The van der Waals surface area contributed by atoms with E-state index in [9.17, 15) is 0 Å². The van der Waals surface area contributed by atoms with E-state index in [4.69, 9.17) is 5.11 Å². The van der Waals surface area contributed by atoms with E-state index in [-0.39, 0.29) is 0 Å². The Morgan fingerprint density at radius 2 is 2.33 bits per heavy atom. The van der Waals surface area contributed by atoms with Gasteiger partial charge in [0.05, 0.1) is 0 Å². The first-order valence-electron chi connectivity index (χ1n) is 5.55. The van der Waals surface area contributed by atoms with E-state index >= 15 is 0 Å². The summed E-state index contributed by atoms with van der Waals surface area (Å²) in [6.45, 7) is 2.21. The molecule has 0 aromatic carbocycles. The molecule has 0 amide bonds. The Morgan fingerprint density at radius 1 is 1.47 bits per heavy atom. The molecule has 82 valence electrons. The number of nitrogens with zero attached hydrogens (tertiary/aromatic N) is 1. The van der Waals surface area contributed by atoms with Crippen LogP contribution in [0.25, 0.3) is 0 Å². The summed E-state index contributed by atoms with van der Waals surface area (Å²) in [7, 11) is 0. The Morgan fingerprint density at radius 3 is 2.93 bits per heavy atom. The average Bonchev–Trinajstić information content (AvgIpc) is 3.00. The lowest BCUT2D eigenvalue weighted by Gasteiger charge is -2.14. The quantitative estimate of drug-likeness (QED) is 0.738. The van der Waals surface area contributed by atoms with E-state index < -0.39 is 0 Å². The summed E-state index contributed by atoms with van der Waals surface area (Å²) in [5.41, 5.74) is 1.62. The standard InChI is InChI=1S/C12H18N2O/c15-7-5-12(3-4-12)10-14-9-11-2-1-6-13-8-11/h1-2,6,8,14-15H,3-5,7,9-10H2. The summed E-state index contributed by atoms with van der Waals surface area (Å²) in [4.78, 5) is 4.07. The first-order chi connectivity index (χ1) is 7.35.